The lowest BCUT2D eigenvalue weighted by Gasteiger charge is -2.23. The SMILES string of the molecule is CC(=O)NCC(=O)N1CCC[C@H]1B(O)O. The van der Waals surface area contributed by atoms with Crippen LogP contribution in [0.25, 0.3) is 0 Å². The lowest BCUT2D eigenvalue weighted by atomic mass is 9.78. The first kappa shape index (κ1) is 12.0. The molecule has 84 valence electrons. The largest absolute Gasteiger partial charge is 0.475 e. The summed E-state index contributed by atoms with van der Waals surface area (Å²) in [5.74, 6) is -1.09. The Balaban J connectivity index is 2.47. The molecule has 6 nitrogen and oxygen atoms in total. The van der Waals surface area contributed by atoms with Crippen LogP contribution in [-0.2, 0) is 9.59 Å². The van der Waals surface area contributed by atoms with Crippen LogP contribution in [0.3, 0.4) is 0 Å². The molecule has 1 aliphatic heterocycles. The van der Waals surface area contributed by atoms with E-state index in [1.54, 1.807) is 0 Å². The van der Waals surface area contributed by atoms with Crippen molar-refractivity contribution in [2.24, 2.45) is 0 Å². The molecule has 0 bridgehead atoms. The Morgan fingerprint density at radius 3 is 2.73 bits per heavy atom. The molecule has 0 unspecified atom stereocenters. The summed E-state index contributed by atoms with van der Waals surface area (Å²) in [6.45, 7) is 1.76. The zero-order valence-corrected chi connectivity index (χ0v) is 8.64. The second-order valence-corrected chi connectivity index (χ2v) is 3.62. The molecular weight excluding hydrogens is 199 g/mol. The van der Waals surface area contributed by atoms with Crippen LogP contribution < -0.4 is 5.32 Å². The summed E-state index contributed by atoms with van der Waals surface area (Å²) in [6.07, 6.45) is 1.34. The van der Waals surface area contributed by atoms with Gasteiger partial charge in [-0.3, -0.25) is 9.59 Å². The maximum Gasteiger partial charge on any atom is 0.475 e. The molecule has 0 radical (unpaired) electrons. The summed E-state index contributed by atoms with van der Waals surface area (Å²) in [5.41, 5.74) is 0. The Hall–Kier alpha value is -1.08. The minimum atomic E-state index is -1.51. The van der Waals surface area contributed by atoms with Gasteiger partial charge < -0.3 is 20.3 Å². The van der Waals surface area contributed by atoms with Crippen LogP contribution in [-0.4, -0.2) is 52.9 Å². The second kappa shape index (κ2) is 5.13. The number of hydrogen-bond donors (Lipinski definition) is 3. The number of rotatable bonds is 3. The minimum Gasteiger partial charge on any atom is -0.426 e. The van der Waals surface area contributed by atoms with E-state index in [9.17, 15) is 9.59 Å². The average molecular weight is 214 g/mol. The fourth-order valence-electron chi connectivity index (χ4n) is 1.71. The molecule has 1 heterocycles. The normalized spacial score (nSPS) is 20.2. The highest BCUT2D eigenvalue weighted by molar-refractivity contribution is 6.43. The molecule has 1 saturated heterocycles. The van der Waals surface area contributed by atoms with Gasteiger partial charge in [0.25, 0.3) is 0 Å². The van der Waals surface area contributed by atoms with E-state index in [0.717, 1.165) is 6.42 Å². The monoisotopic (exact) mass is 214 g/mol. The molecule has 1 fully saturated rings. The molecule has 0 aliphatic carbocycles. The number of hydrogen-bond acceptors (Lipinski definition) is 4. The van der Waals surface area contributed by atoms with Gasteiger partial charge in [-0.05, 0) is 12.8 Å². The van der Waals surface area contributed by atoms with E-state index in [1.807, 2.05) is 0 Å². The molecule has 3 N–H and O–H groups in total. The summed E-state index contributed by atoms with van der Waals surface area (Å²) in [6, 6.07) is 0. The highest BCUT2D eigenvalue weighted by Crippen LogP contribution is 2.17. The Bertz CT molecular complexity index is 259. The molecule has 7 heteroatoms. The number of carbonyl (C=O) groups is 2. The second-order valence-electron chi connectivity index (χ2n) is 3.62. The van der Waals surface area contributed by atoms with Crippen molar-refractivity contribution in [3.05, 3.63) is 0 Å². The molecule has 0 aromatic carbocycles. The van der Waals surface area contributed by atoms with Gasteiger partial charge in [0.05, 0.1) is 12.5 Å². The first-order valence-corrected chi connectivity index (χ1v) is 4.92. The van der Waals surface area contributed by atoms with Crippen LogP contribution in [0.4, 0.5) is 0 Å². The number of nitrogens with zero attached hydrogens (tertiary/aromatic N) is 1. The van der Waals surface area contributed by atoms with Crippen molar-refractivity contribution in [1.29, 1.82) is 0 Å². The van der Waals surface area contributed by atoms with Crippen molar-refractivity contribution in [1.82, 2.24) is 10.2 Å². The summed E-state index contributed by atoms with van der Waals surface area (Å²) in [4.78, 5) is 23.6. The highest BCUT2D eigenvalue weighted by atomic mass is 16.4. The van der Waals surface area contributed by atoms with Crippen LogP contribution in [0.2, 0.25) is 0 Å². The molecule has 2 amide bonds. The van der Waals surface area contributed by atoms with E-state index in [2.05, 4.69) is 5.32 Å². The van der Waals surface area contributed by atoms with Crippen molar-refractivity contribution in [2.45, 2.75) is 25.7 Å². The lowest BCUT2D eigenvalue weighted by Crippen LogP contribution is -2.48. The van der Waals surface area contributed by atoms with E-state index in [1.165, 1.54) is 11.8 Å². The third-order valence-electron chi connectivity index (χ3n) is 2.45. The standard InChI is InChI=1S/C8H15BN2O4/c1-6(12)10-5-8(13)11-4-2-3-7(11)9(14)15/h7,14-15H,2-5H2,1H3,(H,10,12)/t7-/m0/s1. The molecule has 0 aromatic rings. The summed E-state index contributed by atoms with van der Waals surface area (Å²) in [5, 5.41) is 20.4. The van der Waals surface area contributed by atoms with Gasteiger partial charge in [-0.1, -0.05) is 0 Å². The van der Waals surface area contributed by atoms with E-state index < -0.39 is 13.1 Å². The predicted octanol–water partition coefficient (Wildman–Crippen LogP) is -1.87. The van der Waals surface area contributed by atoms with Crippen molar-refractivity contribution in [3.63, 3.8) is 0 Å². The smallest absolute Gasteiger partial charge is 0.426 e. The van der Waals surface area contributed by atoms with Crippen molar-refractivity contribution in [2.75, 3.05) is 13.1 Å². The quantitative estimate of drug-likeness (QED) is 0.480. The van der Waals surface area contributed by atoms with Gasteiger partial charge in [0, 0.05) is 13.5 Å². The van der Waals surface area contributed by atoms with Gasteiger partial charge in [-0.15, -0.1) is 0 Å². The molecule has 1 aliphatic rings. The molecule has 0 aromatic heterocycles. The van der Waals surface area contributed by atoms with Crippen LogP contribution in [0, 0.1) is 0 Å². The van der Waals surface area contributed by atoms with E-state index in [0.29, 0.717) is 13.0 Å². The minimum absolute atomic E-state index is 0.0848. The zero-order valence-electron chi connectivity index (χ0n) is 8.64. The van der Waals surface area contributed by atoms with Gasteiger partial charge in [-0.25, -0.2) is 0 Å². The predicted molar refractivity (Wildman–Crippen MR) is 53.6 cm³/mol. The van der Waals surface area contributed by atoms with Gasteiger partial charge in [-0.2, -0.15) is 0 Å². The molecule has 15 heavy (non-hydrogen) atoms. The molecule has 0 spiro atoms. The first-order chi connectivity index (χ1) is 7.02. The van der Waals surface area contributed by atoms with E-state index in [-0.39, 0.29) is 18.4 Å². The van der Waals surface area contributed by atoms with Gasteiger partial charge >= 0.3 is 7.12 Å². The van der Waals surface area contributed by atoms with Gasteiger partial charge in [0.1, 0.15) is 0 Å². The van der Waals surface area contributed by atoms with Gasteiger partial charge in [0.15, 0.2) is 0 Å². The Labute approximate surface area is 88.4 Å². The fourth-order valence-corrected chi connectivity index (χ4v) is 1.71. The third kappa shape index (κ3) is 3.21. The summed E-state index contributed by atoms with van der Waals surface area (Å²) in [7, 11) is -1.51. The van der Waals surface area contributed by atoms with Crippen LogP contribution >= 0.6 is 0 Å². The maximum atomic E-state index is 11.6. The molecule has 0 saturated carbocycles. The Morgan fingerprint density at radius 2 is 2.20 bits per heavy atom. The Kier molecular flexibility index (Phi) is 4.10. The van der Waals surface area contributed by atoms with Crippen molar-refractivity contribution in [3.8, 4) is 0 Å². The molecule has 1 rings (SSSR count). The lowest BCUT2D eigenvalue weighted by molar-refractivity contribution is -0.132. The average Bonchev–Trinajstić information content (AvgIpc) is 2.62. The number of nitrogens with one attached hydrogen (secondary N) is 1. The number of amides is 2. The third-order valence-corrected chi connectivity index (χ3v) is 2.45. The topological polar surface area (TPSA) is 89.9 Å². The summed E-state index contributed by atoms with van der Waals surface area (Å²) < 4.78 is 0. The Morgan fingerprint density at radius 1 is 1.53 bits per heavy atom. The first-order valence-electron chi connectivity index (χ1n) is 4.92. The van der Waals surface area contributed by atoms with Crippen LogP contribution in [0.1, 0.15) is 19.8 Å². The van der Waals surface area contributed by atoms with Crippen LogP contribution in [0.5, 0.6) is 0 Å². The molecular formula is C8H15BN2O4. The van der Waals surface area contributed by atoms with Crippen molar-refractivity contribution < 1.29 is 19.6 Å². The summed E-state index contributed by atoms with van der Waals surface area (Å²) >= 11 is 0. The highest BCUT2D eigenvalue weighted by Gasteiger charge is 2.36. The molecule has 1 atom stereocenters. The van der Waals surface area contributed by atoms with Gasteiger partial charge in [0.2, 0.25) is 11.8 Å². The van der Waals surface area contributed by atoms with E-state index >= 15 is 0 Å². The number of likely N-dealkylation sites (tertiary alicyclic amines) is 1. The maximum absolute atomic E-state index is 11.6. The van der Waals surface area contributed by atoms with Crippen molar-refractivity contribution >= 4 is 18.9 Å². The fraction of sp³-hybridized carbons (Fsp3) is 0.750. The van der Waals surface area contributed by atoms with Crippen LogP contribution in [0.15, 0.2) is 0 Å². The zero-order chi connectivity index (χ0) is 11.4. The number of carbonyl (C=O) groups excluding carboxylic acids is 2. The van der Waals surface area contributed by atoms with E-state index in [4.69, 9.17) is 10.0 Å².